The molecule has 2 aliphatic heterocycles. The molecule has 620 valence electrons. The van der Waals surface area contributed by atoms with Gasteiger partial charge in [0.1, 0.15) is 0 Å². The first-order chi connectivity index (χ1) is 61.6. The number of benzene rings is 19. The normalized spacial score (nSPS) is 13.1. The molecule has 0 amide bonds. The lowest BCUT2D eigenvalue weighted by Crippen LogP contribution is -2.61. The van der Waals surface area contributed by atoms with Crippen molar-refractivity contribution in [3.8, 4) is 106 Å². The number of nitrogens with zero attached hydrogens (tertiary/aromatic N) is 3. The summed E-state index contributed by atoms with van der Waals surface area (Å²) < 4.78 is 2.62. The van der Waals surface area contributed by atoms with Crippen molar-refractivity contribution in [3.05, 3.63) is 398 Å². The van der Waals surface area contributed by atoms with Crippen LogP contribution >= 0.6 is 0 Å². The molecule has 0 radical (unpaired) electrons. The number of fused-ring (bicyclic) bond motifs is 5. The van der Waals surface area contributed by atoms with Gasteiger partial charge in [-0.15, -0.1) is 0 Å². The second-order valence-electron chi connectivity index (χ2n) is 41.3. The third-order valence-electron chi connectivity index (χ3n) is 27.8. The summed E-state index contributed by atoms with van der Waals surface area (Å²) in [6.45, 7) is 35.6. The van der Waals surface area contributed by atoms with E-state index in [-0.39, 0.29) is 28.4 Å². The van der Waals surface area contributed by atoms with Crippen LogP contribution in [-0.2, 0) is 27.1 Å². The molecule has 4 heteroatoms. The first-order valence-corrected chi connectivity index (χ1v) is 45.8. The molecule has 128 heavy (non-hydrogen) atoms. The standard InChI is InChI=1S/C124H106BN3/c1-120(2,3)93-66-92(67-94(69-93)121(4,5)6)87-54-58-105-109(68-87)127(118-101(88-48-28-44-83(62-88)77-34-20-16-21-35-77)70-95(122(7,8)9)71-102(118)89-49-29-45-84(63-89)78-36-22-17-23-37-78)111-74-97(124(13,14)15)75-112-117(111)125(105)106-59-57-98(126-107-60-55-81-42-32-52-99-100-53-33-43-82-56-61-108(126)116(114(82)100)115(107)113(81)99)76-110(106)128(112)119-103(90-50-30-46-85(64-90)79-38-24-18-25-39-79)72-96(123(10,11)12)73-104(119)91-51-31-47-86(65-91)80-40-26-19-27-41-80/h16-76H,1-15H3. The fourth-order valence-electron chi connectivity index (χ4n) is 20.8. The monoisotopic (exact) mass is 1650 g/mol. The van der Waals surface area contributed by atoms with Crippen molar-refractivity contribution >= 4 is 111 Å². The molecular formula is C124H106BN3. The van der Waals surface area contributed by atoms with Crippen LogP contribution in [0, 0.1) is 0 Å². The highest BCUT2D eigenvalue weighted by Crippen LogP contribution is 2.58. The number of hydrogen-bond acceptors (Lipinski definition) is 2. The van der Waals surface area contributed by atoms with Crippen LogP contribution in [0.25, 0.3) is 160 Å². The summed E-state index contributed by atoms with van der Waals surface area (Å²) in [5.41, 5.74) is 39.8. The van der Waals surface area contributed by atoms with Crippen molar-refractivity contribution in [3.63, 3.8) is 0 Å². The minimum Gasteiger partial charge on any atom is -0.310 e. The minimum absolute atomic E-state index is 0.141. The molecule has 0 N–H and O–H groups in total. The second-order valence-corrected chi connectivity index (χ2v) is 41.3. The fourth-order valence-corrected chi connectivity index (χ4v) is 20.8. The molecule has 0 atom stereocenters. The van der Waals surface area contributed by atoms with Crippen molar-refractivity contribution < 1.29 is 0 Å². The van der Waals surface area contributed by atoms with Gasteiger partial charge in [-0.05, 0) is 272 Å². The molecule has 2 aliphatic rings. The van der Waals surface area contributed by atoms with E-state index in [0.717, 1.165) is 107 Å². The van der Waals surface area contributed by atoms with Crippen LogP contribution in [0.4, 0.5) is 34.1 Å². The molecule has 1 aromatic heterocycles. The Balaban J connectivity index is 0.931. The van der Waals surface area contributed by atoms with E-state index in [0.29, 0.717) is 0 Å². The van der Waals surface area contributed by atoms with Gasteiger partial charge >= 0.3 is 0 Å². The van der Waals surface area contributed by atoms with Gasteiger partial charge in [-0.25, -0.2) is 0 Å². The van der Waals surface area contributed by atoms with E-state index in [4.69, 9.17) is 0 Å². The van der Waals surface area contributed by atoms with Gasteiger partial charge in [0.25, 0.3) is 6.71 Å². The van der Waals surface area contributed by atoms with Crippen molar-refractivity contribution in [2.45, 2.75) is 131 Å². The number of anilines is 6. The predicted molar refractivity (Wildman–Crippen MR) is 552 cm³/mol. The Labute approximate surface area is 755 Å². The Morgan fingerprint density at radius 2 is 0.508 bits per heavy atom. The Bertz CT molecular complexity index is 7460. The van der Waals surface area contributed by atoms with Crippen molar-refractivity contribution in [2.24, 2.45) is 0 Å². The SMILES string of the molecule is CC(C)(C)c1cc(-c2ccc3c(c2)N(c2c(-c4cccc(-c5ccccc5)c4)cc(C(C)(C)C)cc2-c2cccc(-c4ccccc4)c2)c2cc(C(C)(C)C)cc4c2B3c2ccc(-n3c5ccc6cccc7c8cccc9ccc3c(c98)c5c67)cc2N4c2c(-c3cccc(-c4ccccc4)c3)cc(C(C)(C)C)cc2-c2cccc(-c3ccccc3)c2)cc(C(C)(C)C)c1. The van der Waals surface area contributed by atoms with Crippen LogP contribution in [0.3, 0.4) is 0 Å². The van der Waals surface area contributed by atoms with Gasteiger partial charge in [0.15, 0.2) is 0 Å². The number of hydrogen-bond donors (Lipinski definition) is 0. The Hall–Kier alpha value is -14.1. The third-order valence-corrected chi connectivity index (χ3v) is 27.8. The van der Waals surface area contributed by atoms with Gasteiger partial charge in [0.05, 0.1) is 22.4 Å². The van der Waals surface area contributed by atoms with Crippen molar-refractivity contribution in [2.75, 3.05) is 9.80 Å². The van der Waals surface area contributed by atoms with Gasteiger partial charge in [-0.1, -0.05) is 383 Å². The molecule has 3 nitrogen and oxygen atoms in total. The lowest BCUT2D eigenvalue weighted by Gasteiger charge is -2.47. The summed E-state index contributed by atoms with van der Waals surface area (Å²) in [5, 5.41) is 10.3. The molecule has 22 rings (SSSR count). The second kappa shape index (κ2) is 29.8. The highest BCUT2D eigenvalue weighted by Gasteiger charge is 2.47. The van der Waals surface area contributed by atoms with Crippen molar-refractivity contribution in [1.29, 1.82) is 0 Å². The average Bonchev–Trinajstić information content (AvgIpc) is 1.07. The summed E-state index contributed by atoms with van der Waals surface area (Å²) in [6, 6.07) is 143. The molecule has 0 spiro atoms. The maximum atomic E-state index is 2.80. The molecule has 0 saturated heterocycles. The molecule has 0 unspecified atom stereocenters. The lowest BCUT2D eigenvalue weighted by molar-refractivity contribution is 0.569. The molecule has 19 aromatic carbocycles. The maximum Gasteiger partial charge on any atom is 0.252 e. The van der Waals surface area contributed by atoms with Crippen LogP contribution in [0.15, 0.2) is 370 Å². The van der Waals surface area contributed by atoms with E-state index in [2.05, 4.69) is 488 Å². The van der Waals surface area contributed by atoms with E-state index in [1.54, 1.807) is 0 Å². The molecule has 0 fully saturated rings. The van der Waals surface area contributed by atoms with Crippen LogP contribution in [0.2, 0.25) is 0 Å². The molecule has 0 saturated carbocycles. The van der Waals surface area contributed by atoms with Gasteiger partial charge in [0, 0.05) is 61.5 Å². The first kappa shape index (κ1) is 79.8. The third kappa shape index (κ3) is 13.5. The Morgan fingerprint density at radius 3 is 0.867 bits per heavy atom. The van der Waals surface area contributed by atoms with Crippen LogP contribution in [0.5, 0.6) is 0 Å². The highest BCUT2D eigenvalue weighted by molar-refractivity contribution is 7.00. The Morgan fingerprint density at radius 1 is 0.203 bits per heavy atom. The molecule has 0 bridgehead atoms. The van der Waals surface area contributed by atoms with Crippen molar-refractivity contribution in [1.82, 2.24) is 4.57 Å². The summed E-state index contributed by atoms with van der Waals surface area (Å²) in [5.74, 6) is 0. The molecule has 0 aliphatic carbocycles. The van der Waals surface area contributed by atoms with E-state index >= 15 is 0 Å². The largest absolute Gasteiger partial charge is 0.310 e. The summed E-state index contributed by atoms with van der Waals surface area (Å²) in [7, 11) is 0. The Kier molecular flexibility index (Phi) is 18.6. The van der Waals surface area contributed by atoms with Gasteiger partial charge in [0.2, 0.25) is 0 Å². The highest BCUT2D eigenvalue weighted by atomic mass is 15.2. The molecule has 20 aromatic rings. The maximum absolute atomic E-state index is 2.80. The van der Waals surface area contributed by atoms with E-state index in [9.17, 15) is 0 Å². The smallest absolute Gasteiger partial charge is 0.252 e. The summed E-state index contributed by atoms with van der Waals surface area (Å²) >= 11 is 0. The summed E-state index contributed by atoms with van der Waals surface area (Å²) in [4.78, 5) is 5.60. The predicted octanol–water partition coefficient (Wildman–Crippen LogP) is 32.7. The molecular weight excluding hydrogens is 1540 g/mol. The topological polar surface area (TPSA) is 11.4 Å². The summed E-state index contributed by atoms with van der Waals surface area (Å²) in [6.07, 6.45) is 0. The average molecular weight is 1650 g/mol. The van der Waals surface area contributed by atoms with Gasteiger partial charge in [-0.2, -0.15) is 0 Å². The van der Waals surface area contributed by atoms with E-state index in [1.165, 1.54) is 132 Å². The zero-order valence-corrected chi connectivity index (χ0v) is 76.1. The quantitative estimate of drug-likeness (QED) is 0.0686. The number of rotatable bonds is 12. The van der Waals surface area contributed by atoms with E-state index in [1.807, 2.05) is 0 Å². The van der Waals surface area contributed by atoms with Crippen LogP contribution in [0.1, 0.15) is 132 Å². The lowest BCUT2D eigenvalue weighted by atomic mass is 9.33. The van der Waals surface area contributed by atoms with Crippen LogP contribution < -0.4 is 26.2 Å². The number of aromatic nitrogens is 1. The zero-order chi connectivity index (χ0) is 87.8. The van der Waals surface area contributed by atoms with Crippen LogP contribution in [-0.4, -0.2) is 11.3 Å². The van der Waals surface area contributed by atoms with E-state index < -0.39 is 5.41 Å². The zero-order valence-electron chi connectivity index (χ0n) is 76.1. The fraction of sp³-hybridized carbons (Fsp3) is 0.161. The van der Waals surface area contributed by atoms with Gasteiger partial charge in [-0.3, -0.25) is 0 Å². The molecule has 3 heterocycles. The minimum atomic E-state index is -0.413. The first-order valence-electron chi connectivity index (χ1n) is 45.8. The van der Waals surface area contributed by atoms with Gasteiger partial charge < -0.3 is 14.4 Å².